The molecule has 22 heavy (non-hydrogen) atoms. The zero-order valence-corrected chi connectivity index (χ0v) is 14.8. The summed E-state index contributed by atoms with van der Waals surface area (Å²) in [6.07, 6.45) is -0.0269. The summed E-state index contributed by atoms with van der Waals surface area (Å²) < 4.78 is 5.25. The Hall–Kier alpha value is -1.51. The van der Waals surface area contributed by atoms with Crippen molar-refractivity contribution in [2.75, 3.05) is 26.0 Å². The Morgan fingerprint density at radius 2 is 2.18 bits per heavy atom. The molecular weight excluding hydrogens is 320 g/mol. The summed E-state index contributed by atoms with van der Waals surface area (Å²) in [4.78, 5) is 22.8. The number of nitrogens with one attached hydrogen (secondary N) is 1. The van der Waals surface area contributed by atoms with Crippen LogP contribution in [0, 0.1) is 0 Å². The molecule has 120 valence electrons. The number of hydrogen-bond donors (Lipinski definition) is 1. The van der Waals surface area contributed by atoms with Gasteiger partial charge in [-0.25, -0.2) is 9.97 Å². The molecule has 1 amide bonds. The predicted octanol–water partition coefficient (Wildman–Crippen LogP) is 3.01. The van der Waals surface area contributed by atoms with E-state index in [1.165, 1.54) is 11.3 Å². The Morgan fingerprint density at radius 3 is 2.86 bits per heavy atom. The summed E-state index contributed by atoms with van der Waals surface area (Å²) in [7, 11) is 3.42. The van der Waals surface area contributed by atoms with Gasteiger partial charge < -0.3 is 15.0 Å². The molecule has 0 aliphatic rings. The van der Waals surface area contributed by atoms with Crippen molar-refractivity contribution in [2.24, 2.45) is 0 Å². The van der Waals surface area contributed by atoms with E-state index in [2.05, 4.69) is 15.3 Å². The third kappa shape index (κ3) is 4.02. The zero-order valence-electron chi connectivity index (χ0n) is 13.1. The summed E-state index contributed by atoms with van der Waals surface area (Å²) in [6.45, 7) is 5.20. The number of methoxy groups -OCH3 is 1. The van der Waals surface area contributed by atoms with Gasteiger partial charge in [0.15, 0.2) is 5.13 Å². The lowest BCUT2D eigenvalue weighted by atomic mass is 10.3. The van der Waals surface area contributed by atoms with Gasteiger partial charge in [-0.3, -0.25) is 4.79 Å². The monoisotopic (exact) mass is 340 g/mol. The van der Waals surface area contributed by atoms with Gasteiger partial charge in [-0.1, -0.05) is 0 Å². The molecule has 6 nitrogen and oxygen atoms in total. The van der Waals surface area contributed by atoms with Gasteiger partial charge in [0.25, 0.3) is 5.91 Å². The molecule has 2 aromatic rings. The molecule has 1 atom stereocenters. The highest BCUT2D eigenvalue weighted by atomic mass is 32.1. The standard InChI is InChI=1S/C14H20N4O2S2/c1-5-15-14-17-11(8-22-14)13(19)18(3)6-10-7-21-12(16-10)9(2)20-4/h7-9H,5-6H2,1-4H3,(H,15,17)/t9-/m0/s1. The van der Waals surface area contributed by atoms with Crippen LogP contribution in [0.2, 0.25) is 0 Å². The van der Waals surface area contributed by atoms with Crippen LogP contribution >= 0.6 is 22.7 Å². The van der Waals surface area contributed by atoms with E-state index in [0.717, 1.165) is 22.4 Å². The average molecular weight is 340 g/mol. The third-order valence-corrected chi connectivity index (χ3v) is 4.92. The summed E-state index contributed by atoms with van der Waals surface area (Å²) in [5, 5.41) is 8.52. The van der Waals surface area contributed by atoms with Crippen molar-refractivity contribution in [1.82, 2.24) is 14.9 Å². The highest BCUT2D eigenvalue weighted by Crippen LogP contribution is 2.21. The van der Waals surface area contributed by atoms with Crippen molar-refractivity contribution in [3.05, 3.63) is 27.2 Å². The van der Waals surface area contributed by atoms with E-state index < -0.39 is 0 Å². The first-order chi connectivity index (χ1) is 10.5. The summed E-state index contributed by atoms with van der Waals surface area (Å²) in [6, 6.07) is 0. The number of rotatable bonds is 7. The maximum Gasteiger partial charge on any atom is 0.273 e. The first kappa shape index (κ1) is 16.9. The van der Waals surface area contributed by atoms with Crippen LogP contribution in [-0.2, 0) is 11.3 Å². The first-order valence-corrected chi connectivity index (χ1v) is 8.73. The van der Waals surface area contributed by atoms with Gasteiger partial charge >= 0.3 is 0 Å². The second-order valence-electron chi connectivity index (χ2n) is 4.78. The molecule has 2 rings (SSSR count). The fraction of sp³-hybridized carbons (Fsp3) is 0.500. The second-order valence-corrected chi connectivity index (χ2v) is 6.53. The fourth-order valence-corrected chi connectivity index (χ4v) is 3.39. The Labute approximate surface area is 138 Å². The van der Waals surface area contributed by atoms with Crippen LogP contribution in [0.15, 0.2) is 10.8 Å². The number of amides is 1. The van der Waals surface area contributed by atoms with Gasteiger partial charge in [-0.2, -0.15) is 0 Å². The van der Waals surface area contributed by atoms with Crippen molar-refractivity contribution in [3.8, 4) is 0 Å². The Kier molecular flexibility index (Phi) is 5.87. The van der Waals surface area contributed by atoms with E-state index in [-0.39, 0.29) is 12.0 Å². The highest BCUT2D eigenvalue weighted by Gasteiger charge is 2.17. The van der Waals surface area contributed by atoms with Crippen molar-refractivity contribution < 1.29 is 9.53 Å². The summed E-state index contributed by atoms with van der Waals surface area (Å²) in [5.41, 5.74) is 1.33. The Bertz CT molecular complexity index is 626. The molecule has 0 aromatic carbocycles. The second kappa shape index (κ2) is 7.66. The van der Waals surface area contributed by atoms with E-state index >= 15 is 0 Å². The van der Waals surface area contributed by atoms with Crippen LogP contribution in [0.3, 0.4) is 0 Å². The first-order valence-electron chi connectivity index (χ1n) is 6.97. The minimum atomic E-state index is -0.102. The number of nitrogens with zero attached hydrogens (tertiary/aromatic N) is 3. The Balaban J connectivity index is 1.99. The molecule has 2 aromatic heterocycles. The predicted molar refractivity (Wildman–Crippen MR) is 89.6 cm³/mol. The van der Waals surface area contributed by atoms with Crippen LogP contribution in [0.25, 0.3) is 0 Å². The van der Waals surface area contributed by atoms with Gasteiger partial charge in [0, 0.05) is 31.5 Å². The number of ether oxygens (including phenoxy) is 1. The van der Waals surface area contributed by atoms with Gasteiger partial charge in [-0.05, 0) is 13.8 Å². The van der Waals surface area contributed by atoms with Gasteiger partial charge in [0.2, 0.25) is 0 Å². The maximum absolute atomic E-state index is 12.4. The molecule has 2 heterocycles. The van der Waals surface area contributed by atoms with E-state index in [0.29, 0.717) is 12.2 Å². The van der Waals surface area contributed by atoms with Crippen molar-refractivity contribution >= 4 is 33.7 Å². The lowest BCUT2D eigenvalue weighted by Crippen LogP contribution is -2.26. The molecule has 0 aliphatic carbocycles. The molecule has 8 heteroatoms. The smallest absolute Gasteiger partial charge is 0.273 e. The van der Waals surface area contributed by atoms with E-state index in [1.54, 1.807) is 35.8 Å². The van der Waals surface area contributed by atoms with E-state index in [9.17, 15) is 4.79 Å². The normalized spacial score (nSPS) is 12.2. The minimum Gasteiger partial charge on any atom is -0.375 e. The van der Waals surface area contributed by atoms with Crippen molar-refractivity contribution in [1.29, 1.82) is 0 Å². The molecule has 0 bridgehead atoms. The molecule has 0 saturated carbocycles. The van der Waals surface area contributed by atoms with Crippen LogP contribution < -0.4 is 5.32 Å². The largest absolute Gasteiger partial charge is 0.375 e. The van der Waals surface area contributed by atoms with Crippen molar-refractivity contribution in [2.45, 2.75) is 26.5 Å². The van der Waals surface area contributed by atoms with Crippen LogP contribution in [-0.4, -0.2) is 41.5 Å². The summed E-state index contributed by atoms with van der Waals surface area (Å²) in [5.74, 6) is -0.102. The van der Waals surface area contributed by atoms with Crippen LogP contribution in [0.1, 0.15) is 41.1 Å². The number of carbonyl (C=O) groups is 1. The molecule has 0 aliphatic heterocycles. The Morgan fingerprint density at radius 1 is 1.41 bits per heavy atom. The maximum atomic E-state index is 12.4. The molecule has 0 radical (unpaired) electrons. The SMILES string of the molecule is CCNc1nc(C(=O)N(C)Cc2csc([C@H](C)OC)n2)cs1. The van der Waals surface area contributed by atoms with E-state index in [4.69, 9.17) is 4.74 Å². The quantitative estimate of drug-likeness (QED) is 0.839. The summed E-state index contributed by atoms with van der Waals surface area (Å²) >= 11 is 2.98. The van der Waals surface area contributed by atoms with Crippen molar-refractivity contribution in [3.63, 3.8) is 0 Å². The lowest BCUT2D eigenvalue weighted by Gasteiger charge is -2.14. The minimum absolute atomic E-state index is 0.0269. The number of thiazole rings is 2. The van der Waals surface area contributed by atoms with Gasteiger partial charge in [0.05, 0.1) is 12.2 Å². The van der Waals surface area contributed by atoms with Gasteiger partial charge in [0.1, 0.15) is 16.8 Å². The molecule has 1 N–H and O–H groups in total. The topological polar surface area (TPSA) is 67.4 Å². The molecule has 0 fully saturated rings. The molecule has 0 saturated heterocycles. The fourth-order valence-electron chi connectivity index (χ4n) is 1.80. The average Bonchev–Trinajstić information content (AvgIpc) is 3.15. The number of hydrogen-bond acceptors (Lipinski definition) is 7. The van der Waals surface area contributed by atoms with Crippen LogP contribution in [0.4, 0.5) is 5.13 Å². The number of aromatic nitrogens is 2. The lowest BCUT2D eigenvalue weighted by molar-refractivity contribution is 0.0778. The molecule has 0 spiro atoms. The molecule has 0 unspecified atom stereocenters. The van der Waals surface area contributed by atoms with Crippen LogP contribution in [0.5, 0.6) is 0 Å². The third-order valence-electron chi connectivity index (χ3n) is 3.07. The van der Waals surface area contributed by atoms with E-state index in [1.807, 2.05) is 19.2 Å². The highest BCUT2D eigenvalue weighted by molar-refractivity contribution is 7.13. The number of carbonyl (C=O) groups excluding carboxylic acids is 1. The molecular formula is C14H20N4O2S2. The van der Waals surface area contributed by atoms with Gasteiger partial charge in [-0.15, -0.1) is 22.7 Å². The number of anilines is 1. The zero-order chi connectivity index (χ0) is 16.1.